The Morgan fingerprint density at radius 1 is 1.25 bits per heavy atom. The molecule has 0 aromatic carbocycles. The molecule has 1 atom stereocenters. The summed E-state index contributed by atoms with van der Waals surface area (Å²) in [5, 5.41) is 17.6. The highest BCUT2D eigenvalue weighted by Crippen LogP contribution is 2.30. The fourth-order valence-corrected chi connectivity index (χ4v) is 3.01. The van der Waals surface area contributed by atoms with Crippen LogP contribution in [0.2, 0.25) is 5.15 Å². The van der Waals surface area contributed by atoms with E-state index in [1.54, 1.807) is 10.7 Å². The third kappa shape index (κ3) is 3.06. The van der Waals surface area contributed by atoms with Gasteiger partial charge in [-0.05, 0) is 25.1 Å². The Kier molecular flexibility index (Phi) is 4.47. The number of nitriles is 1. The number of rotatable bonds is 4. The molecular weight excluding hydrogens is 378 g/mol. The van der Waals surface area contributed by atoms with Crippen LogP contribution < -0.4 is 11.1 Å². The third-order valence-electron chi connectivity index (χ3n) is 4.20. The molecule has 10 heteroatoms. The summed E-state index contributed by atoms with van der Waals surface area (Å²) >= 11 is 6.19. The molecule has 138 valence electrons. The number of nitrogens with one attached hydrogen (secondary N) is 1. The van der Waals surface area contributed by atoms with Crippen LogP contribution in [0.4, 0.5) is 11.6 Å². The zero-order valence-corrected chi connectivity index (χ0v) is 15.5. The van der Waals surface area contributed by atoms with Gasteiger partial charge >= 0.3 is 0 Å². The number of nitrogens with two attached hydrogens (primary N) is 1. The predicted octanol–water partition coefficient (Wildman–Crippen LogP) is 2.86. The normalized spacial score (nSPS) is 11.9. The minimum absolute atomic E-state index is 0.116. The van der Waals surface area contributed by atoms with Crippen molar-refractivity contribution in [2.45, 2.75) is 13.0 Å². The summed E-state index contributed by atoms with van der Waals surface area (Å²) < 4.78 is 1.55. The van der Waals surface area contributed by atoms with E-state index in [1.807, 2.05) is 37.3 Å². The number of nitrogens with zero attached hydrogens (tertiary/aromatic N) is 7. The van der Waals surface area contributed by atoms with Gasteiger partial charge in [0.15, 0.2) is 10.8 Å². The lowest BCUT2D eigenvalue weighted by Gasteiger charge is -2.19. The van der Waals surface area contributed by atoms with E-state index in [4.69, 9.17) is 17.3 Å². The summed E-state index contributed by atoms with van der Waals surface area (Å²) in [6.07, 6.45) is 4.53. The summed E-state index contributed by atoms with van der Waals surface area (Å²) in [4.78, 5) is 16.7. The van der Waals surface area contributed by atoms with Gasteiger partial charge in [0.05, 0.1) is 17.9 Å². The van der Waals surface area contributed by atoms with Crippen LogP contribution in [0.1, 0.15) is 24.1 Å². The lowest BCUT2D eigenvalue weighted by Crippen LogP contribution is -2.14. The molecule has 4 heterocycles. The van der Waals surface area contributed by atoms with Gasteiger partial charge in [-0.2, -0.15) is 10.4 Å². The molecular formula is C18H14ClN9. The van der Waals surface area contributed by atoms with Crippen molar-refractivity contribution in [2.24, 2.45) is 0 Å². The molecule has 0 saturated heterocycles. The van der Waals surface area contributed by atoms with Crippen LogP contribution in [-0.2, 0) is 0 Å². The van der Waals surface area contributed by atoms with Gasteiger partial charge < -0.3 is 11.1 Å². The first-order chi connectivity index (χ1) is 13.6. The average molecular weight is 392 g/mol. The average Bonchev–Trinajstić information content (AvgIpc) is 3.08. The maximum atomic E-state index is 9.36. The Balaban J connectivity index is 1.83. The second-order valence-electron chi connectivity index (χ2n) is 5.97. The van der Waals surface area contributed by atoms with E-state index >= 15 is 0 Å². The second-order valence-corrected chi connectivity index (χ2v) is 6.36. The van der Waals surface area contributed by atoms with Crippen molar-refractivity contribution in [1.82, 2.24) is 29.5 Å². The van der Waals surface area contributed by atoms with Crippen molar-refractivity contribution in [1.29, 1.82) is 5.26 Å². The monoisotopic (exact) mass is 391 g/mol. The number of aromatic nitrogens is 6. The lowest BCUT2D eigenvalue weighted by molar-refractivity contribution is 0.837. The van der Waals surface area contributed by atoms with Gasteiger partial charge in [0, 0.05) is 11.8 Å². The molecule has 0 aliphatic rings. The number of anilines is 2. The molecule has 0 aliphatic heterocycles. The van der Waals surface area contributed by atoms with Gasteiger partial charge in [-0.15, -0.1) is 0 Å². The van der Waals surface area contributed by atoms with Gasteiger partial charge in [-0.25, -0.2) is 19.5 Å². The third-order valence-corrected chi connectivity index (χ3v) is 4.45. The zero-order chi connectivity index (χ0) is 19.7. The smallest absolute Gasteiger partial charge is 0.155 e. The van der Waals surface area contributed by atoms with Crippen LogP contribution >= 0.6 is 11.6 Å². The Morgan fingerprint density at radius 3 is 2.86 bits per heavy atom. The standard InChI is InChI=1S/C18H14ClN9/c1-10(26-18-12(7-20)17(21)24-9-25-18)11-6-15-23-8-14(19)28(15)27-16(11)13-4-2-3-5-22-13/h2-6,8-10H,1H3,(H3,21,24,25,26)/t10-/m0/s1. The summed E-state index contributed by atoms with van der Waals surface area (Å²) in [5.74, 6) is 0.460. The summed E-state index contributed by atoms with van der Waals surface area (Å²) in [6.45, 7) is 1.92. The summed E-state index contributed by atoms with van der Waals surface area (Å²) in [7, 11) is 0. The highest BCUT2D eigenvalue weighted by Gasteiger charge is 2.20. The molecule has 4 aromatic heterocycles. The largest absolute Gasteiger partial charge is 0.382 e. The number of hydrogen-bond acceptors (Lipinski definition) is 8. The molecule has 4 rings (SSSR count). The number of pyridine rings is 1. The lowest BCUT2D eigenvalue weighted by atomic mass is 10.0. The molecule has 4 aromatic rings. The van der Waals surface area contributed by atoms with Gasteiger partial charge in [-0.1, -0.05) is 17.7 Å². The Labute approximate surface area is 164 Å². The summed E-state index contributed by atoms with van der Waals surface area (Å²) in [5.41, 5.74) is 8.69. The number of imidazole rings is 1. The van der Waals surface area contributed by atoms with Crippen molar-refractivity contribution in [3.8, 4) is 17.5 Å². The molecule has 0 radical (unpaired) electrons. The zero-order valence-electron chi connectivity index (χ0n) is 14.7. The van der Waals surface area contributed by atoms with E-state index in [9.17, 15) is 5.26 Å². The Morgan fingerprint density at radius 2 is 2.11 bits per heavy atom. The fraction of sp³-hybridized carbons (Fsp3) is 0.111. The Hall–Kier alpha value is -3.77. The second kappa shape index (κ2) is 7.09. The molecule has 0 amide bonds. The SMILES string of the molecule is C[C@H](Nc1ncnc(N)c1C#N)c1cc2ncc(Cl)n2nc1-c1ccccn1. The minimum Gasteiger partial charge on any atom is -0.382 e. The van der Waals surface area contributed by atoms with Crippen LogP contribution in [0.5, 0.6) is 0 Å². The quantitative estimate of drug-likeness (QED) is 0.542. The molecule has 9 nitrogen and oxygen atoms in total. The predicted molar refractivity (Wildman–Crippen MR) is 104 cm³/mol. The molecule has 0 bridgehead atoms. The van der Waals surface area contributed by atoms with Crippen molar-refractivity contribution in [3.63, 3.8) is 0 Å². The van der Waals surface area contributed by atoms with Gasteiger partial charge in [0.2, 0.25) is 0 Å². The number of fused-ring (bicyclic) bond motifs is 1. The number of nitrogen functional groups attached to an aromatic ring is 1. The highest BCUT2D eigenvalue weighted by molar-refractivity contribution is 6.29. The fourth-order valence-electron chi connectivity index (χ4n) is 2.83. The van der Waals surface area contributed by atoms with Crippen LogP contribution in [-0.4, -0.2) is 29.5 Å². The van der Waals surface area contributed by atoms with E-state index in [0.717, 1.165) is 5.56 Å². The van der Waals surface area contributed by atoms with Gasteiger partial charge in [0.1, 0.15) is 35.3 Å². The van der Waals surface area contributed by atoms with Crippen LogP contribution in [0.15, 0.2) is 43.0 Å². The van der Waals surface area contributed by atoms with E-state index in [-0.39, 0.29) is 17.4 Å². The molecule has 3 N–H and O–H groups in total. The van der Waals surface area contributed by atoms with Crippen LogP contribution in [0.3, 0.4) is 0 Å². The number of halogens is 1. The van der Waals surface area contributed by atoms with Crippen molar-refractivity contribution in [2.75, 3.05) is 11.1 Å². The number of hydrogen-bond donors (Lipinski definition) is 2. The van der Waals surface area contributed by atoms with E-state index in [0.29, 0.717) is 28.0 Å². The molecule has 0 spiro atoms. The summed E-state index contributed by atoms with van der Waals surface area (Å²) in [6, 6.07) is 9.18. The van der Waals surface area contributed by atoms with E-state index < -0.39 is 0 Å². The van der Waals surface area contributed by atoms with E-state index in [2.05, 4.69) is 30.4 Å². The van der Waals surface area contributed by atoms with E-state index in [1.165, 1.54) is 12.5 Å². The molecule has 0 unspecified atom stereocenters. The van der Waals surface area contributed by atoms with Crippen molar-refractivity contribution < 1.29 is 0 Å². The molecule has 0 saturated carbocycles. The molecule has 0 aliphatic carbocycles. The topological polar surface area (TPSA) is 131 Å². The first kappa shape index (κ1) is 17.6. The van der Waals surface area contributed by atoms with Gasteiger partial charge in [0.25, 0.3) is 0 Å². The maximum Gasteiger partial charge on any atom is 0.155 e. The molecule has 0 fully saturated rings. The highest BCUT2D eigenvalue weighted by atomic mass is 35.5. The van der Waals surface area contributed by atoms with Crippen molar-refractivity contribution in [3.05, 3.63) is 59.3 Å². The molecule has 28 heavy (non-hydrogen) atoms. The minimum atomic E-state index is -0.286. The maximum absolute atomic E-state index is 9.36. The van der Waals surface area contributed by atoms with Crippen molar-refractivity contribution >= 4 is 28.9 Å². The van der Waals surface area contributed by atoms with Crippen LogP contribution in [0.25, 0.3) is 17.0 Å². The first-order valence-electron chi connectivity index (χ1n) is 8.31. The van der Waals surface area contributed by atoms with Crippen LogP contribution in [0, 0.1) is 11.3 Å². The van der Waals surface area contributed by atoms with Gasteiger partial charge in [-0.3, -0.25) is 4.98 Å². The Bertz CT molecular complexity index is 1200. The first-order valence-corrected chi connectivity index (χ1v) is 8.69.